The van der Waals surface area contributed by atoms with E-state index in [4.69, 9.17) is 0 Å². The van der Waals surface area contributed by atoms with E-state index in [-0.39, 0.29) is 17.8 Å². The largest absolute Gasteiger partial charge is 0.322 e. The Balaban J connectivity index is 1.48. The minimum atomic E-state index is -0.328. The van der Waals surface area contributed by atoms with Gasteiger partial charge in [-0.05, 0) is 55.1 Å². The standard InChI is InChI=1S/C24H27FN4O/c1-18-10-12-28(13-11-18)23(20-7-3-2-4-8-20)24(30)27-22-15-26-29(17-22)16-19-6-5-9-21(25)14-19/h2-9,14-15,17-18,23H,10-13,16H2,1H3,(H,27,30)/t23-/m1/s1. The Kier molecular flexibility index (Phi) is 6.23. The van der Waals surface area contributed by atoms with E-state index >= 15 is 0 Å². The van der Waals surface area contributed by atoms with Crippen LogP contribution < -0.4 is 5.32 Å². The Morgan fingerprint density at radius 1 is 1.17 bits per heavy atom. The molecule has 6 heteroatoms. The molecule has 2 heterocycles. The van der Waals surface area contributed by atoms with E-state index in [1.165, 1.54) is 12.1 Å². The quantitative estimate of drug-likeness (QED) is 0.657. The molecular weight excluding hydrogens is 379 g/mol. The molecule has 1 saturated heterocycles. The van der Waals surface area contributed by atoms with Crippen LogP contribution in [0.25, 0.3) is 0 Å². The summed E-state index contributed by atoms with van der Waals surface area (Å²) in [6.45, 7) is 4.53. The van der Waals surface area contributed by atoms with E-state index < -0.39 is 0 Å². The Morgan fingerprint density at radius 2 is 1.93 bits per heavy atom. The summed E-state index contributed by atoms with van der Waals surface area (Å²) in [4.78, 5) is 15.5. The zero-order valence-corrected chi connectivity index (χ0v) is 17.2. The van der Waals surface area contributed by atoms with Gasteiger partial charge < -0.3 is 5.32 Å². The molecule has 1 amide bonds. The third-order valence-electron chi connectivity index (χ3n) is 5.68. The smallest absolute Gasteiger partial charge is 0.246 e. The van der Waals surface area contributed by atoms with Crippen LogP contribution in [-0.2, 0) is 11.3 Å². The second-order valence-electron chi connectivity index (χ2n) is 8.08. The van der Waals surface area contributed by atoms with Gasteiger partial charge in [-0.1, -0.05) is 49.4 Å². The van der Waals surface area contributed by atoms with Crippen LogP contribution >= 0.6 is 0 Å². The molecule has 2 aromatic carbocycles. The number of rotatable bonds is 6. The summed E-state index contributed by atoms with van der Waals surface area (Å²) in [5.41, 5.74) is 2.46. The molecule has 1 N–H and O–H groups in total. The number of amides is 1. The molecule has 1 fully saturated rings. The van der Waals surface area contributed by atoms with E-state index in [1.807, 2.05) is 36.4 Å². The van der Waals surface area contributed by atoms with Crippen molar-refractivity contribution >= 4 is 11.6 Å². The second kappa shape index (κ2) is 9.22. The lowest BCUT2D eigenvalue weighted by atomic mass is 9.95. The van der Waals surface area contributed by atoms with Crippen molar-refractivity contribution in [3.05, 3.63) is 83.9 Å². The fourth-order valence-corrected chi connectivity index (χ4v) is 4.00. The third kappa shape index (κ3) is 4.94. The molecule has 1 atom stereocenters. The minimum absolute atomic E-state index is 0.0546. The fourth-order valence-electron chi connectivity index (χ4n) is 4.00. The summed E-state index contributed by atoms with van der Waals surface area (Å²) in [7, 11) is 0. The molecule has 1 aliphatic rings. The van der Waals surface area contributed by atoms with Crippen LogP contribution in [0.5, 0.6) is 0 Å². The molecule has 1 aliphatic heterocycles. The van der Waals surface area contributed by atoms with Gasteiger partial charge in [0.1, 0.15) is 11.9 Å². The van der Waals surface area contributed by atoms with Crippen molar-refractivity contribution in [3.63, 3.8) is 0 Å². The maximum Gasteiger partial charge on any atom is 0.246 e. The fraction of sp³-hybridized carbons (Fsp3) is 0.333. The van der Waals surface area contributed by atoms with Gasteiger partial charge in [-0.25, -0.2) is 4.39 Å². The van der Waals surface area contributed by atoms with Crippen LogP contribution in [0, 0.1) is 11.7 Å². The van der Waals surface area contributed by atoms with E-state index in [2.05, 4.69) is 22.2 Å². The molecule has 0 aliphatic carbocycles. The lowest BCUT2D eigenvalue weighted by Gasteiger charge is -2.36. The first-order valence-corrected chi connectivity index (χ1v) is 10.5. The molecule has 3 aromatic rings. The summed E-state index contributed by atoms with van der Waals surface area (Å²) in [5, 5.41) is 7.34. The number of anilines is 1. The average Bonchev–Trinajstić information content (AvgIpc) is 3.17. The molecule has 0 radical (unpaired) electrons. The Morgan fingerprint density at radius 3 is 2.67 bits per heavy atom. The summed E-state index contributed by atoms with van der Waals surface area (Å²) in [5.74, 6) is 0.373. The third-order valence-corrected chi connectivity index (χ3v) is 5.68. The van der Waals surface area contributed by atoms with Gasteiger partial charge in [0.25, 0.3) is 0 Å². The second-order valence-corrected chi connectivity index (χ2v) is 8.08. The number of nitrogens with zero attached hydrogens (tertiary/aromatic N) is 3. The SMILES string of the molecule is CC1CCN([C@@H](C(=O)Nc2cnn(Cc3cccc(F)c3)c2)c2ccccc2)CC1. The van der Waals surface area contributed by atoms with Gasteiger partial charge in [0, 0.05) is 6.20 Å². The maximum atomic E-state index is 13.4. The number of hydrogen-bond acceptors (Lipinski definition) is 3. The Labute approximate surface area is 176 Å². The first-order valence-electron chi connectivity index (χ1n) is 10.5. The van der Waals surface area contributed by atoms with Crippen molar-refractivity contribution in [2.45, 2.75) is 32.4 Å². The molecule has 0 bridgehead atoms. The summed E-state index contributed by atoms with van der Waals surface area (Å²) >= 11 is 0. The summed E-state index contributed by atoms with van der Waals surface area (Å²) in [6, 6.07) is 16.0. The first-order chi connectivity index (χ1) is 14.6. The predicted octanol–water partition coefficient (Wildman–Crippen LogP) is 4.48. The van der Waals surface area contributed by atoms with Crippen LogP contribution in [-0.4, -0.2) is 33.7 Å². The number of aromatic nitrogens is 2. The highest BCUT2D eigenvalue weighted by atomic mass is 19.1. The molecule has 0 saturated carbocycles. The van der Waals surface area contributed by atoms with Crippen molar-refractivity contribution in [3.8, 4) is 0 Å². The highest BCUT2D eigenvalue weighted by Crippen LogP contribution is 2.28. The van der Waals surface area contributed by atoms with Gasteiger partial charge in [0.15, 0.2) is 0 Å². The van der Waals surface area contributed by atoms with Crippen molar-refractivity contribution in [2.75, 3.05) is 18.4 Å². The van der Waals surface area contributed by atoms with Crippen LogP contribution in [0.15, 0.2) is 67.0 Å². The highest BCUT2D eigenvalue weighted by molar-refractivity contribution is 5.95. The van der Waals surface area contributed by atoms with Crippen LogP contribution in [0.4, 0.5) is 10.1 Å². The van der Waals surface area contributed by atoms with Gasteiger partial charge in [0.05, 0.1) is 18.4 Å². The van der Waals surface area contributed by atoms with Gasteiger partial charge >= 0.3 is 0 Å². The first kappa shape index (κ1) is 20.3. The summed E-state index contributed by atoms with van der Waals surface area (Å²) in [6.07, 6.45) is 5.62. The van der Waals surface area contributed by atoms with Gasteiger partial charge in [-0.2, -0.15) is 5.10 Å². The zero-order chi connectivity index (χ0) is 20.9. The number of hydrogen-bond donors (Lipinski definition) is 1. The normalized spacial score (nSPS) is 16.3. The highest BCUT2D eigenvalue weighted by Gasteiger charge is 2.30. The van der Waals surface area contributed by atoms with Crippen molar-refractivity contribution < 1.29 is 9.18 Å². The number of nitrogens with one attached hydrogen (secondary N) is 1. The van der Waals surface area contributed by atoms with Crippen molar-refractivity contribution in [1.29, 1.82) is 0 Å². The predicted molar refractivity (Wildman–Crippen MR) is 116 cm³/mol. The van der Waals surface area contributed by atoms with Crippen LogP contribution in [0.1, 0.15) is 36.9 Å². The molecule has 0 unspecified atom stereocenters. The minimum Gasteiger partial charge on any atom is -0.322 e. The number of likely N-dealkylation sites (tertiary alicyclic amines) is 1. The van der Waals surface area contributed by atoms with Crippen LogP contribution in [0.3, 0.4) is 0 Å². The number of carbonyl (C=O) groups excluding carboxylic acids is 1. The molecule has 30 heavy (non-hydrogen) atoms. The van der Waals surface area contributed by atoms with E-state index in [0.29, 0.717) is 18.2 Å². The molecule has 5 nitrogen and oxygen atoms in total. The van der Waals surface area contributed by atoms with Gasteiger partial charge in [-0.15, -0.1) is 0 Å². The molecular formula is C24H27FN4O. The maximum absolute atomic E-state index is 13.4. The monoisotopic (exact) mass is 406 g/mol. The Hall–Kier alpha value is -2.99. The molecule has 4 rings (SSSR count). The lowest BCUT2D eigenvalue weighted by Crippen LogP contribution is -2.41. The van der Waals surface area contributed by atoms with E-state index in [1.54, 1.807) is 23.1 Å². The van der Waals surface area contributed by atoms with E-state index in [0.717, 1.165) is 37.1 Å². The van der Waals surface area contributed by atoms with Crippen molar-refractivity contribution in [1.82, 2.24) is 14.7 Å². The molecule has 156 valence electrons. The number of halogens is 1. The topological polar surface area (TPSA) is 50.2 Å². The van der Waals surface area contributed by atoms with Gasteiger partial charge in [-0.3, -0.25) is 14.4 Å². The van der Waals surface area contributed by atoms with Crippen LogP contribution in [0.2, 0.25) is 0 Å². The van der Waals surface area contributed by atoms with Crippen molar-refractivity contribution in [2.24, 2.45) is 5.92 Å². The number of piperidine rings is 1. The Bertz CT molecular complexity index is 980. The molecule has 1 aromatic heterocycles. The average molecular weight is 407 g/mol. The number of benzene rings is 2. The summed E-state index contributed by atoms with van der Waals surface area (Å²) < 4.78 is 15.1. The number of carbonyl (C=O) groups is 1. The van der Waals surface area contributed by atoms with Gasteiger partial charge in [0.2, 0.25) is 5.91 Å². The molecule has 0 spiro atoms. The van der Waals surface area contributed by atoms with E-state index in [9.17, 15) is 9.18 Å². The zero-order valence-electron chi connectivity index (χ0n) is 17.2. The lowest BCUT2D eigenvalue weighted by molar-refractivity contribution is -0.122.